The molecular weight excluding hydrogens is 352 g/mol. The van der Waals surface area contributed by atoms with Gasteiger partial charge in [0, 0.05) is 17.0 Å². The molecule has 4 nitrogen and oxygen atoms in total. The second kappa shape index (κ2) is 7.29. The lowest BCUT2D eigenvalue weighted by atomic mass is 10.1. The van der Waals surface area contributed by atoms with Gasteiger partial charge < -0.3 is 10.6 Å². The zero-order chi connectivity index (χ0) is 17.0. The molecule has 0 aliphatic rings. The molecule has 2 N–H and O–H groups in total. The molecule has 0 heterocycles. The summed E-state index contributed by atoms with van der Waals surface area (Å²) in [6, 6.07) is 13.9. The predicted octanol–water partition coefficient (Wildman–Crippen LogP) is 3.79. The van der Waals surface area contributed by atoms with Crippen molar-refractivity contribution in [3.05, 3.63) is 59.1 Å². The first kappa shape index (κ1) is 17.7. The molecule has 0 spiro atoms. The molecule has 0 aliphatic carbocycles. The summed E-state index contributed by atoms with van der Waals surface area (Å²) in [5.74, 6) is 0. The Kier molecular flexibility index (Phi) is 5.62. The number of sulfone groups is 1. The van der Waals surface area contributed by atoms with Crippen molar-refractivity contribution in [1.82, 2.24) is 5.32 Å². The molecule has 122 valence electrons. The minimum absolute atomic E-state index is 0.0593. The van der Waals surface area contributed by atoms with Gasteiger partial charge in [-0.1, -0.05) is 23.7 Å². The Morgan fingerprint density at radius 2 is 1.65 bits per heavy atom. The van der Waals surface area contributed by atoms with Crippen molar-refractivity contribution >= 4 is 44.5 Å². The lowest BCUT2D eigenvalue weighted by Gasteiger charge is -2.17. The zero-order valence-electron chi connectivity index (χ0n) is 12.7. The number of thiocarbonyl (C=S) groups is 1. The highest BCUT2D eigenvalue weighted by atomic mass is 35.5. The first-order chi connectivity index (χ1) is 10.8. The van der Waals surface area contributed by atoms with Crippen LogP contribution in [0.25, 0.3) is 0 Å². The van der Waals surface area contributed by atoms with E-state index < -0.39 is 9.84 Å². The summed E-state index contributed by atoms with van der Waals surface area (Å²) in [5.41, 5.74) is 1.78. The van der Waals surface area contributed by atoms with Crippen LogP contribution < -0.4 is 10.6 Å². The number of halogens is 1. The molecule has 7 heteroatoms. The van der Waals surface area contributed by atoms with Gasteiger partial charge in [-0.25, -0.2) is 8.42 Å². The van der Waals surface area contributed by atoms with Gasteiger partial charge in [0.15, 0.2) is 14.9 Å². The van der Waals surface area contributed by atoms with Crippen LogP contribution in [0.1, 0.15) is 18.5 Å². The minimum atomic E-state index is -3.18. The normalized spacial score (nSPS) is 12.5. The van der Waals surface area contributed by atoms with Crippen LogP contribution in [0.15, 0.2) is 53.4 Å². The van der Waals surface area contributed by atoms with Crippen molar-refractivity contribution in [1.29, 1.82) is 0 Å². The van der Waals surface area contributed by atoms with Gasteiger partial charge in [-0.05, 0) is 61.1 Å². The minimum Gasteiger partial charge on any atom is -0.356 e. The summed E-state index contributed by atoms with van der Waals surface area (Å²) < 4.78 is 22.9. The van der Waals surface area contributed by atoms with Crippen molar-refractivity contribution in [3.8, 4) is 0 Å². The van der Waals surface area contributed by atoms with Gasteiger partial charge in [0.05, 0.1) is 10.9 Å². The first-order valence-corrected chi connectivity index (χ1v) is 9.56. The Balaban J connectivity index is 1.99. The fourth-order valence-electron chi connectivity index (χ4n) is 1.98. The van der Waals surface area contributed by atoms with Gasteiger partial charge >= 0.3 is 0 Å². The molecule has 1 atom stereocenters. The Labute approximate surface area is 146 Å². The topological polar surface area (TPSA) is 58.2 Å². The molecular formula is C16H17ClN2O2S2. The molecule has 2 aromatic rings. The molecule has 0 aliphatic heterocycles. The summed E-state index contributed by atoms with van der Waals surface area (Å²) in [6.45, 7) is 1.95. The molecule has 23 heavy (non-hydrogen) atoms. The van der Waals surface area contributed by atoms with Gasteiger partial charge in [-0.2, -0.15) is 0 Å². The molecule has 0 aromatic heterocycles. The third kappa shape index (κ3) is 5.20. The summed E-state index contributed by atoms with van der Waals surface area (Å²) in [4.78, 5) is 0.301. The number of hydrogen-bond donors (Lipinski definition) is 2. The molecule has 2 rings (SSSR count). The van der Waals surface area contributed by atoms with E-state index in [0.717, 1.165) is 11.3 Å². The van der Waals surface area contributed by atoms with E-state index in [1.165, 1.54) is 6.26 Å². The van der Waals surface area contributed by atoms with Gasteiger partial charge in [0.25, 0.3) is 0 Å². The third-order valence-electron chi connectivity index (χ3n) is 3.26. The molecule has 0 saturated heterocycles. The van der Waals surface area contributed by atoms with Crippen molar-refractivity contribution in [3.63, 3.8) is 0 Å². The van der Waals surface area contributed by atoms with Crippen LogP contribution in [0, 0.1) is 0 Å². The number of nitrogens with one attached hydrogen (secondary N) is 2. The van der Waals surface area contributed by atoms with Crippen LogP contribution in [-0.4, -0.2) is 19.8 Å². The van der Waals surface area contributed by atoms with Crippen molar-refractivity contribution < 1.29 is 8.42 Å². The quantitative estimate of drug-likeness (QED) is 0.804. The molecule has 0 unspecified atom stereocenters. The van der Waals surface area contributed by atoms with Crippen LogP contribution in [-0.2, 0) is 9.84 Å². The Morgan fingerprint density at radius 1 is 1.09 bits per heavy atom. The van der Waals surface area contributed by atoms with Gasteiger partial charge in [-0.3, -0.25) is 0 Å². The van der Waals surface area contributed by atoms with E-state index in [-0.39, 0.29) is 6.04 Å². The number of benzene rings is 2. The van der Waals surface area contributed by atoms with E-state index in [4.69, 9.17) is 23.8 Å². The van der Waals surface area contributed by atoms with Gasteiger partial charge in [0.1, 0.15) is 0 Å². The molecule has 0 amide bonds. The van der Waals surface area contributed by atoms with Crippen molar-refractivity contribution in [2.24, 2.45) is 0 Å². The van der Waals surface area contributed by atoms with Crippen molar-refractivity contribution in [2.75, 3.05) is 11.6 Å². The number of anilines is 1. The fourth-order valence-corrected chi connectivity index (χ4v) is 3.04. The van der Waals surface area contributed by atoms with E-state index in [1.807, 2.05) is 19.1 Å². The SMILES string of the molecule is C[C@H](NC(=S)Nc1ccc(Cl)cc1)c1ccc(S(C)(=O)=O)cc1. The third-order valence-corrected chi connectivity index (χ3v) is 4.86. The average Bonchev–Trinajstić information content (AvgIpc) is 2.49. The van der Waals surface area contributed by atoms with E-state index >= 15 is 0 Å². The summed E-state index contributed by atoms with van der Waals surface area (Å²) in [7, 11) is -3.18. The Hall–Kier alpha value is -1.63. The highest BCUT2D eigenvalue weighted by Gasteiger charge is 2.10. The standard InChI is InChI=1S/C16H17ClN2O2S2/c1-11(12-3-9-15(10-4-12)23(2,20)21)18-16(22)19-14-7-5-13(17)6-8-14/h3-11H,1-2H3,(H2,18,19,22)/t11-/m0/s1. The van der Waals surface area contributed by atoms with E-state index in [9.17, 15) is 8.42 Å². The predicted molar refractivity (Wildman–Crippen MR) is 98.8 cm³/mol. The Bertz CT molecular complexity index is 788. The van der Waals surface area contributed by atoms with Crippen LogP contribution in [0.3, 0.4) is 0 Å². The lowest BCUT2D eigenvalue weighted by Crippen LogP contribution is -2.30. The second-order valence-corrected chi connectivity index (χ2v) is 8.03. The molecule has 2 aromatic carbocycles. The zero-order valence-corrected chi connectivity index (χ0v) is 15.1. The maximum atomic E-state index is 11.5. The molecule has 0 bridgehead atoms. The molecule has 0 fully saturated rings. The van der Waals surface area contributed by atoms with Gasteiger partial charge in [-0.15, -0.1) is 0 Å². The number of rotatable bonds is 4. The summed E-state index contributed by atoms with van der Waals surface area (Å²) in [5, 5.41) is 7.37. The first-order valence-electron chi connectivity index (χ1n) is 6.89. The smallest absolute Gasteiger partial charge is 0.175 e. The van der Waals surface area contributed by atoms with Gasteiger partial charge in [0.2, 0.25) is 0 Å². The largest absolute Gasteiger partial charge is 0.356 e. The highest BCUT2D eigenvalue weighted by molar-refractivity contribution is 7.90. The van der Waals surface area contributed by atoms with Crippen LogP contribution >= 0.6 is 23.8 Å². The van der Waals surface area contributed by atoms with Crippen molar-refractivity contribution in [2.45, 2.75) is 17.9 Å². The molecule has 0 saturated carbocycles. The highest BCUT2D eigenvalue weighted by Crippen LogP contribution is 2.17. The van der Waals surface area contributed by atoms with Crippen LogP contribution in [0.2, 0.25) is 5.02 Å². The maximum Gasteiger partial charge on any atom is 0.175 e. The lowest BCUT2D eigenvalue weighted by molar-refractivity contribution is 0.601. The molecule has 0 radical (unpaired) electrons. The summed E-state index contributed by atoms with van der Waals surface area (Å²) >= 11 is 11.1. The monoisotopic (exact) mass is 368 g/mol. The van der Waals surface area contributed by atoms with E-state index in [1.54, 1.807) is 36.4 Å². The van der Waals surface area contributed by atoms with E-state index in [0.29, 0.717) is 15.0 Å². The number of hydrogen-bond acceptors (Lipinski definition) is 3. The van der Waals surface area contributed by atoms with Crippen LogP contribution in [0.5, 0.6) is 0 Å². The second-order valence-electron chi connectivity index (χ2n) is 5.17. The van der Waals surface area contributed by atoms with E-state index in [2.05, 4.69) is 10.6 Å². The fraction of sp³-hybridized carbons (Fsp3) is 0.188. The van der Waals surface area contributed by atoms with Crippen LogP contribution in [0.4, 0.5) is 5.69 Å². The maximum absolute atomic E-state index is 11.5. The summed E-state index contributed by atoms with van der Waals surface area (Å²) in [6.07, 6.45) is 1.19. The average molecular weight is 369 g/mol. The Morgan fingerprint density at radius 3 is 2.17 bits per heavy atom.